The number of nitro benzene ring substituents is 2. The van der Waals surface area contributed by atoms with Crippen LogP contribution >= 0.6 is 11.8 Å². The predicted octanol–water partition coefficient (Wildman–Crippen LogP) is 5.11. The number of carbonyl (C=O) groups is 2. The van der Waals surface area contributed by atoms with Gasteiger partial charge >= 0.3 is 5.97 Å². The maximum Gasteiger partial charge on any atom is 0.332 e. The molecule has 0 saturated heterocycles. The Morgan fingerprint density at radius 2 is 1.47 bits per heavy atom. The second kappa shape index (κ2) is 10.5. The fraction of sp³-hybridized carbons (Fsp3) is 0.0870. The average molecular weight is 479 g/mol. The molecule has 0 bridgehead atoms. The molecule has 0 amide bonds. The van der Waals surface area contributed by atoms with Crippen LogP contribution in [-0.4, -0.2) is 27.3 Å². The summed E-state index contributed by atoms with van der Waals surface area (Å²) < 4.78 is 0. The zero-order valence-electron chi connectivity index (χ0n) is 18.0. The van der Waals surface area contributed by atoms with Crippen molar-refractivity contribution in [2.75, 3.05) is 0 Å². The molecule has 3 aromatic carbocycles. The van der Waals surface area contributed by atoms with Crippen molar-refractivity contribution in [3.8, 4) is 0 Å². The van der Waals surface area contributed by atoms with Crippen molar-refractivity contribution in [3.05, 3.63) is 104 Å². The molecule has 34 heavy (non-hydrogen) atoms. The number of nitro groups is 2. The summed E-state index contributed by atoms with van der Waals surface area (Å²) in [6.45, 7) is 2.69. The highest BCUT2D eigenvalue weighted by Gasteiger charge is 2.27. The Bertz CT molecular complexity index is 1300. The van der Waals surface area contributed by atoms with Crippen LogP contribution in [0.25, 0.3) is 0 Å². The molecule has 0 aliphatic heterocycles. The Morgan fingerprint density at radius 1 is 0.882 bits per heavy atom. The summed E-state index contributed by atoms with van der Waals surface area (Å²) in [6, 6.07) is 16.7. The smallest absolute Gasteiger partial charge is 0.318 e. The molecule has 0 atom stereocenters. The summed E-state index contributed by atoms with van der Waals surface area (Å²) in [5, 5.41) is 26.0. The normalized spacial score (nSPS) is 11.1. The Kier molecular flexibility index (Phi) is 7.49. The molecule has 3 rings (SSSR count). The van der Waals surface area contributed by atoms with Crippen LogP contribution in [0.5, 0.6) is 0 Å². The van der Waals surface area contributed by atoms with E-state index in [4.69, 9.17) is 0 Å². The molecule has 0 radical (unpaired) electrons. The first-order valence-corrected chi connectivity index (χ1v) is 10.6. The molecule has 0 aromatic heterocycles. The highest BCUT2D eigenvalue weighted by atomic mass is 32.2. The maximum atomic E-state index is 13.2. The highest BCUT2D eigenvalue weighted by molar-refractivity contribution is 7.99. The lowest BCUT2D eigenvalue weighted by molar-refractivity contribution is -0.385. The van der Waals surface area contributed by atoms with Gasteiger partial charge in [0, 0.05) is 40.5 Å². The van der Waals surface area contributed by atoms with Crippen molar-refractivity contribution >= 4 is 40.6 Å². The van der Waals surface area contributed by atoms with E-state index in [-0.39, 0.29) is 28.2 Å². The predicted molar refractivity (Wildman–Crippen MR) is 124 cm³/mol. The van der Waals surface area contributed by atoms with Gasteiger partial charge in [-0.1, -0.05) is 29.1 Å². The molecule has 0 aliphatic carbocycles. The van der Waals surface area contributed by atoms with Crippen LogP contribution in [0.15, 0.2) is 81.7 Å². The van der Waals surface area contributed by atoms with Gasteiger partial charge in [-0.15, -0.1) is 0 Å². The minimum absolute atomic E-state index is 0.0183. The van der Waals surface area contributed by atoms with Gasteiger partial charge in [-0.25, -0.2) is 4.79 Å². The first-order chi connectivity index (χ1) is 16.2. The summed E-state index contributed by atoms with van der Waals surface area (Å²) in [5.41, 5.74) is -0.172. The van der Waals surface area contributed by atoms with E-state index in [2.05, 4.69) is 9.99 Å². The van der Waals surface area contributed by atoms with Gasteiger partial charge in [0.05, 0.1) is 15.4 Å². The minimum Gasteiger partial charge on any atom is -0.318 e. The van der Waals surface area contributed by atoms with Gasteiger partial charge in [-0.2, -0.15) is 0 Å². The van der Waals surface area contributed by atoms with E-state index in [0.717, 1.165) is 16.7 Å². The third-order valence-electron chi connectivity index (χ3n) is 4.56. The molecule has 172 valence electrons. The number of Topliss-reactive ketones (excluding diaryl/α,β-unsaturated/α-hetero) is 1. The molecular formula is C23H17N3O7S. The van der Waals surface area contributed by atoms with E-state index in [1.54, 1.807) is 37.3 Å². The SMILES string of the molecule is CC(=O)O/N=C(\C(=O)c1ccc(Sc2ccc([N+](=O)[O-])cc2)cc1)c1c(C)cccc1[N+](=O)[O-]. The average Bonchev–Trinajstić information content (AvgIpc) is 2.80. The van der Waals surface area contributed by atoms with Gasteiger partial charge in [0.25, 0.3) is 11.4 Å². The molecular weight excluding hydrogens is 462 g/mol. The molecule has 0 aliphatic rings. The zero-order valence-corrected chi connectivity index (χ0v) is 18.8. The number of rotatable bonds is 8. The lowest BCUT2D eigenvalue weighted by Crippen LogP contribution is -2.20. The molecule has 0 heterocycles. The first-order valence-electron chi connectivity index (χ1n) is 9.74. The molecule has 0 spiro atoms. The maximum absolute atomic E-state index is 13.2. The van der Waals surface area contributed by atoms with Gasteiger partial charge in [-0.3, -0.25) is 25.0 Å². The summed E-state index contributed by atoms with van der Waals surface area (Å²) in [7, 11) is 0. The van der Waals surface area contributed by atoms with Crippen molar-refractivity contribution in [2.24, 2.45) is 5.16 Å². The van der Waals surface area contributed by atoms with Crippen LogP contribution in [0.2, 0.25) is 0 Å². The van der Waals surface area contributed by atoms with Gasteiger partial charge < -0.3 is 4.84 Å². The molecule has 11 heteroatoms. The summed E-state index contributed by atoms with van der Waals surface area (Å²) in [4.78, 5) is 51.9. The number of carbonyl (C=O) groups excluding carboxylic acids is 2. The van der Waals surface area contributed by atoms with Crippen molar-refractivity contribution in [2.45, 2.75) is 23.6 Å². The molecule has 0 fully saturated rings. The Hall–Kier alpha value is -4.38. The fourth-order valence-electron chi connectivity index (χ4n) is 3.01. The third kappa shape index (κ3) is 5.70. The van der Waals surface area contributed by atoms with Crippen molar-refractivity contribution in [1.82, 2.24) is 0 Å². The number of oxime groups is 1. The van der Waals surface area contributed by atoms with E-state index in [1.165, 1.54) is 48.2 Å². The van der Waals surface area contributed by atoms with E-state index in [9.17, 15) is 29.8 Å². The van der Waals surface area contributed by atoms with Gasteiger partial charge in [0.1, 0.15) is 0 Å². The zero-order chi connectivity index (χ0) is 24.8. The number of aryl methyl sites for hydroxylation is 1. The third-order valence-corrected chi connectivity index (χ3v) is 5.58. The number of non-ortho nitro benzene ring substituents is 1. The topological polar surface area (TPSA) is 142 Å². The Balaban J connectivity index is 1.92. The van der Waals surface area contributed by atoms with E-state index in [1.807, 2.05) is 0 Å². The molecule has 10 nitrogen and oxygen atoms in total. The van der Waals surface area contributed by atoms with Crippen LogP contribution in [0.3, 0.4) is 0 Å². The van der Waals surface area contributed by atoms with Crippen LogP contribution < -0.4 is 0 Å². The number of nitrogens with zero attached hydrogens (tertiary/aromatic N) is 3. The van der Waals surface area contributed by atoms with Crippen LogP contribution in [0.4, 0.5) is 11.4 Å². The van der Waals surface area contributed by atoms with Gasteiger partial charge in [0.2, 0.25) is 5.78 Å². The van der Waals surface area contributed by atoms with Crippen LogP contribution in [-0.2, 0) is 9.63 Å². The standard InChI is InChI=1S/C23H17N3O7S/c1-14-4-3-5-20(26(31)32)21(14)22(24-33-15(2)27)23(28)16-6-10-18(11-7-16)34-19-12-8-17(9-13-19)25(29)30/h3-13H,1-2H3/b24-22-. The molecule has 0 unspecified atom stereocenters. The van der Waals surface area contributed by atoms with Crippen molar-refractivity contribution in [1.29, 1.82) is 0 Å². The van der Waals surface area contributed by atoms with E-state index >= 15 is 0 Å². The Morgan fingerprint density at radius 3 is 2.00 bits per heavy atom. The fourth-order valence-corrected chi connectivity index (χ4v) is 3.82. The lowest BCUT2D eigenvalue weighted by Gasteiger charge is -2.10. The molecule has 0 saturated carbocycles. The molecule has 3 aromatic rings. The lowest BCUT2D eigenvalue weighted by atomic mass is 9.96. The summed E-state index contributed by atoms with van der Waals surface area (Å²) in [5.74, 6) is -1.44. The highest BCUT2D eigenvalue weighted by Crippen LogP contribution is 2.30. The Labute approximate surface area is 197 Å². The van der Waals surface area contributed by atoms with E-state index in [0.29, 0.717) is 5.56 Å². The summed E-state index contributed by atoms with van der Waals surface area (Å²) in [6.07, 6.45) is 0. The monoisotopic (exact) mass is 479 g/mol. The largest absolute Gasteiger partial charge is 0.332 e. The number of benzene rings is 3. The van der Waals surface area contributed by atoms with Crippen molar-refractivity contribution < 1.29 is 24.3 Å². The van der Waals surface area contributed by atoms with Crippen LogP contribution in [0.1, 0.15) is 28.4 Å². The minimum atomic E-state index is -0.781. The number of hydrogen-bond donors (Lipinski definition) is 0. The first kappa shape index (κ1) is 24.3. The van der Waals surface area contributed by atoms with Gasteiger partial charge in [-0.05, 0) is 48.9 Å². The summed E-state index contributed by atoms with van der Waals surface area (Å²) >= 11 is 1.33. The van der Waals surface area contributed by atoms with Crippen molar-refractivity contribution in [3.63, 3.8) is 0 Å². The number of hydrogen-bond acceptors (Lipinski definition) is 9. The van der Waals surface area contributed by atoms with Gasteiger partial charge in [0.15, 0.2) is 5.71 Å². The van der Waals surface area contributed by atoms with E-state index < -0.39 is 21.6 Å². The second-order valence-corrected chi connectivity index (χ2v) is 8.10. The quantitative estimate of drug-likeness (QED) is 0.143. The number of ketones is 1. The van der Waals surface area contributed by atoms with Crippen LogP contribution in [0, 0.1) is 27.2 Å². The second-order valence-electron chi connectivity index (χ2n) is 6.96. The molecule has 0 N–H and O–H groups in total.